The van der Waals surface area contributed by atoms with E-state index in [0.29, 0.717) is 12.1 Å². The smallest absolute Gasteiger partial charge is 0.255 e. The normalized spacial score (nSPS) is 22.3. The molecule has 29 heavy (non-hydrogen) atoms. The van der Waals surface area contributed by atoms with Gasteiger partial charge in [-0.2, -0.15) is 0 Å². The van der Waals surface area contributed by atoms with Crippen molar-refractivity contribution in [3.63, 3.8) is 0 Å². The third kappa shape index (κ3) is 3.02. The lowest BCUT2D eigenvalue weighted by atomic mass is 9.84. The quantitative estimate of drug-likeness (QED) is 0.770. The molecular formula is C24H31N3O2. The maximum Gasteiger partial charge on any atom is 0.255 e. The molecule has 0 bridgehead atoms. The third-order valence-electron chi connectivity index (χ3n) is 6.87. The van der Waals surface area contributed by atoms with E-state index in [1.54, 1.807) is 0 Å². The summed E-state index contributed by atoms with van der Waals surface area (Å²) in [4.78, 5) is 35.9. The highest BCUT2D eigenvalue weighted by atomic mass is 16.2. The summed E-state index contributed by atoms with van der Waals surface area (Å²) in [7, 11) is 0. The van der Waals surface area contributed by atoms with Gasteiger partial charge in [0.2, 0.25) is 5.91 Å². The number of pyridine rings is 1. The van der Waals surface area contributed by atoms with Gasteiger partial charge in [-0.25, -0.2) is 0 Å². The minimum absolute atomic E-state index is 0.0276. The summed E-state index contributed by atoms with van der Waals surface area (Å²) in [6, 6.07) is 6.10. The van der Waals surface area contributed by atoms with Crippen LogP contribution in [0.15, 0.2) is 18.2 Å². The predicted molar refractivity (Wildman–Crippen MR) is 115 cm³/mol. The van der Waals surface area contributed by atoms with Crippen molar-refractivity contribution in [3.8, 4) is 0 Å². The maximum atomic E-state index is 13.8. The van der Waals surface area contributed by atoms with Gasteiger partial charge in [0, 0.05) is 30.2 Å². The van der Waals surface area contributed by atoms with Crippen molar-refractivity contribution in [1.82, 2.24) is 14.8 Å². The van der Waals surface area contributed by atoms with Crippen LogP contribution < -0.4 is 0 Å². The van der Waals surface area contributed by atoms with Crippen LogP contribution in [0.1, 0.15) is 66.7 Å². The number of hydrogen-bond acceptors (Lipinski definition) is 3. The highest BCUT2D eigenvalue weighted by Gasteiger charge is 2.53. The Hall–Kier alpha value is -2.43. The van der Waals surface area contributed by atoms with Gasteiger partial charge in [0.25, 0.3) is 5.91 Å². The van der Waals surface area contributed by atoms with Crippen molar-refractivity contribution in [3.05, 3.63) is 40.6 Å². The van der Waals surface area contributed by atoms with Crippen LogP contribution in [-0.4, -0.2) is 51.3 Å². The SMILES string of the molecule is Cc1cc(C(=O)N2CCCC23CCCN(C(C)C)C3=O)c2ccc(C)c(C)c2n1. The fraction of sp³-hybridized carbons (Fsp3) is 0.542. The summed E-state index contributed by atoms with van der Waals surface area (Å²) in [6.07, 6.45) is 3.35. The Bertz CT molecular complexity index is 997. The van der Waals surface area contributed by atoms with Gasteiger partial charge < -0.3 is 9.80 Å². The minimum Gasteiger partial charge on any atom is -0.338 e. The van der Waals surface area contributed by atoms with Gasteiger partial charge in [-0.05, 0) is 77.5 Å². The van der Waals surface area contributed by atoms with Gasteiger partial charge in [-0.1, -0.05) is 12.1 Å². The second-order valence-electron chi connectivity index (χ2n) is 9.00. The molecule has 2 fully saturated rings. The van der Waals surface area contributed by atoms with E-state index in [4.69, 9.17) is 4.98 Å². The molecule has 154 valence electrons. The number of aryl methyl sites for hydroxylation is 3. The zero-order chi connectivity index (χ0) is 20.9. The molecule has 1 atom stereocenters. The first-order valence-electron chi connectivity index (χ1n) is 10.8. The fourth-order valence-corrected chi connectivity index (χ4v) is 5.15. The number of carbonyl (C=O) groups excluding carboxylic acids is 2. The number of fused-ring (bicyclic) bond motifs is 1. The fourth-order valence-electron chi connectivity index (χ4n) is 5.15. The molecule has 5 heteroatoms. The molecular weight excluding hydrogens is 362 g/mol. The van der Waals surface area contributed by atoms with Gasteiger partial charge in [-0.15, -0.1) is 0 Å². The summed E-state index contributed by atoms with van der Waals surface area (Å²) in [6.45, 7) is 11.6. The summed E-state index contributed by atoms with van der Waals surface area (Å²) in [5.41, 5.74) is 3.99. The van der Waals surface area contributed by atoms with Crippen LogP contribution in [0, 0.1) is 20.8 Å². The first-order valence-corrected chi connectivity index (χ1v) is 10.8. The monoisotopic (exact) mass is 393 g/mol. The Morgan fingerprint density at radius 2 is 1.79 bits per heavy atom. The van der Waals surface area contributed by atoms with Crippen molar-refractivity contribution in [2.75, 3.05) is 13.1 Å². The molecule has 0 radical (unpaired) electrons. The van der Waals surface area contributed by atoms with Crippen molar-refractivity contribution < 1.29 is 9.59 Å². The molecule has 4 rings (SSSR count). The Balaban J connectivity index is 1.80. The molecule has 2 aliphatic heterocycles. The molecule has 1 aromatic heterocycles. The number of piperidine rings is 1. The molecule has 0 aliphatic carbocycles. The standard InChI is InChI=1S/C24H31N3O2/c1-15(2)26-12-6-10-24(23(26)29)11-7-13-27(24)22(28)20-14-17(4)25-21-18(5)16(3)8-9-19(20)21/h8-9,14-15H,6-7,10-13H2,1-5H3. The minimum atomic E-state index is -0.678. The van der Waals surface area contributed by atoms with Crippen LogP contribution in [0.2, 0.25) is 0 Å². The van der Waals surface area contributed by atoms with Crippen molar-refractivity contribution in [2.24, 2.45) is 0 Å². The molecule has 2 aliphatic rings. The number of carbonyl (C=O) groups is 2. The molecule has 3 heterocycles. The lowest BCUT2D eigenvalue weighted by Crippen LogP contribution is -2.62. The van der Waals surface area contributed by atoms with E-state index >= 15 is 0 Å². The van der Waals surface area contributed by atoms with Gasteiger partial charge in [-0.3, -0.25) is 14.6 Å². The Labute approximate surface area is 173 Å². The highest BCUT2D eigenvalue weighted by Crippen LogP contribution is 2.40. The first-order chi connectivity index (χ1) is 13.8. The topological polar surface area (TPSA) is 53.5 Å². The maximum absolute atomic E-state index is 13.8. The summed E-state index contributed by atoms with van der Waals surface area (Å²) >= 11 is 0. The zero-order valence-electron chi connectivity index (χ0n) is 18.2. The predicted octanol–water partition coefficient (Wildman–Crippen LogP) is 4.17. The summed E-state index contributed by atoms with van der Waals surface area (Å²) in [5.74, 6) is 0.104. The van der Waals surface area contributed by atoms with Gasteiger partial charge in [0.1, 0.15) is 5.54 Å². The molecule has 2 amide bonds. The molecule has 1 spiro atoms. The van der Waals surface area contributed by atoms with Gasteiger partial charge in [0.05, 0.1) is 11.1 Å². The molecule has 5 nitrogen and oxygen atoms in total. The number of nitrogens with zero attached hydrogens (tertiary/aromatic N) is 3. The Morgan fingerprint density at radius 3 is 2.48 bits per heavy atom. The zero-order valence-corrected chi connectivity index (χ0v) is 18.2. The largest absolute Gasteiger partial charge is 0.338 e. The second kappa shape index (κ2) is 7.12. The van der Waals surface area contributed by atoms with Crippen LogP contribution in [-0.2, 0) is 4.79 Å². The van der Waals surface area contributed by atoms with Crippen LogP contribution in [0.25, 0.3) is 10.9 Å². The van der Waals surface area contributed by atoms with Crippen LogP contribution in [0.4, 0.5) is 0 Å². The number of aromatic nitrogens is 1. The van der Waals surface area contributed by atoms with Crippen LogP contribution in [0.3, 0.4) is 0 Å². The molecule has 1 aromatic carbocycles. The average molecular weight is 394 g/mol. The number of benzene rings is 1. The van der Waals surface area contributed by atoms with Crippen molar-refractivity contribution >= 4 is 22.7 Å². The lowest BCUT2D eigenvalue weighted by Gasteiger charge is -2.46. The van der Waals surface area contributed by atoms with E-state index in [1.807, 2.05) is 28.9 Å². The highest BCUT2D eigenvalue weighted by molar-refractivity contribution is 6.09. The average Bonchev–Trinajstić information content (AvgIpc) is 3.10. The van der Waals surface area contributed by atoms with Crippen molar-refractivity contribution in [2.45, 2.75) is 71.9 Å². The molecule has 2 aromatic rings. The first kappa shape index (κ1) is 19.9. The van der Waals surface area contributed by atoms with E-state index in [9.17, 15) is 9.59 Å². The Kier molecular flexibility index (Phi) is 4.88. The number of hydrogen-bond donors (Lipinski definition) is 0. The van der Waals surface area contributed by atoms with E-state index in [2.05, 4.69) is 33.8 Å². The second-order valence-corrected chi connectivity index (χ2v) is 9.00. The van der Waals surface area contributed by atoms with E-state index in [-0.39, 0.29) is 17.9 Å². The van der Waals surface area contributed by atoms with Crippen LogP contribution >= 0.6 is 0 Å². The van der Waals surface area contributed by atoms with Crippen LogP contribution in [0.5, 0.6) is 0 Å². The lowest BCUT2D eigenvalue weighted by molar-refractivity contribution is -0.147. The van der Waals surface area contributed by atoms with Crippen molar-refractivity contribution in [1.29, 1.82) is 0 Å². The van der Waals surface area contributed by atoms with E-state index in [0.717, 1.165) is 54.4 Å². The Morgan fingerprint density at radius 1 is 1.10 bits per heavy atom. The third-order valence-corrected chi connectivity index (χ3v) is 6.87. The molecule has 2 saturated heterocycles. The van der Waals surface area contributed by atoms with Gasteiger partial charge in [0.15, 0.2) is 0 Å². The summed E-state index contributed by atoms with van der Waals surface area (Å²) in [5, 5.41) is 0.884. The summed E-state index contributed by atoms with van der Waals surface area (Å²) < 4.78 is 0. The number of likely N-dealkylation sites (tertiary alicyclic amines) is 2. The number of amides is 2. The van der Waals surface area contributed by atoms with E-state index in [1.165, 1.54) is 5.56 Å². The molecule has 0 N–H and O–H groups in total. The molecule has 1 unspecified atom stereocenters. The van der Waals surface area contributed by atoms with Gasteiger partial charge >= 0.3 is 0 Å². The van der Waals surface area contributed by atoms with E-state index < -0.39 is 5.54 Å². The molecule has 0 saturated carbocycles. The number of rotatable bonds is 2.